The van der Waals surface area contributed by atoms with E-state index >= 15 is 0 Å². The van der Waals surface area contributed by atoms with Crippen molar-refractivity contribution in [1.82, 2.24) is 0 Å². The van der Waals surface area contributed by atoms with Gasteiger partial charge in [-0.3, -0.25) is 5.43 Å². The van der Waals surface area contributed by atoms with Crippen molar-refractivity contribution in [2.75, 3.05) is 5.43 Å². The van der Waals surface area contributed by atoms with Crippen LogP contribution in [0.1, 0.15) is 76.0 Å². The first kappa shape index (κ1) is 17.7. The van der Waals surface area contributed by atoms with Gasteiger partial charge >= 0.3 is 0 Å². The van der Waals surface area contributed by atoms with Crippen molar-refractivity contribution >= 4 is 11.4 Å². The molecule has 0 atom stereocenters. The smallest absolute Gasteiger partial charge is 0.237 e. The van der Waals surface area contributed by atoms with Gasteiger partial charge in [0.1, 0.15) is 12.1 Å². The van der Waals surface area contributed by atoms with Crippen LogP contribution in [0.15, 0.2) is 17.2 Å². The van der Waals surface area contributed by atoms with Crippen molar-refractivity contribution < 1.29 is 0 Å². The molecule has 4 nitrogen and oxygen atoms in total. The first-order valence-electron chi connectivity index (χ1n) is 7.63. The quantitative estimate of drug-likeness (QED) is 0.622. The summed E-state index contributed by atoms with van der Waals surface area (Å²) in [7, 11) is 0. The predicted molar refractivity (Wildman–Crippen MR) is 91.0 cm³/mol. The third-order valence-corrected chi connectivity index (χ3v) is 3.62. The summed E-state index contributed by atoms with van der Waals surface area (Å²) in [6, 6.07) is 7.93. The standard InChI is InChI=1S/C18H24N4/c1-11(2)14-7-16(12(3)4)18(17(8-14)13(5)6)22-21-15(9-19)10-20/h7-8,11-13,22H,1-6H3. The molecule has 0 saturated heterocycles. The van der Waals surface area contributed by atoms with E-state index in [0.29, 0.717) is 17.8 Å². The van der Waals surface area contributed by atoms with E-state index in [1.807, 2.05) is 0 Å². The molecule has 1 aromatic carbocycles. The van der Waals surface area contributed by atoms with Gasteiger partial charge in [0.25, 0.3) is 0 Å². The van der Waals surface area contributed by atoms with Gasteiger partial charge in [-0.05, 0) is 34.4 Å². The first-order chi connectivity index (χ1) is 10.3. The Hall–Kier alpha value is -2.33. The Bertz CT molecular complexity index is 595. The zero-order valence-corrected chi connectivity index (χ0v) is 14.2. The maximum Gasteiger partial charge on any atom is 0.237 e. The number of nitriles is 2. The molecule has 116 valence electrons. The van der Waals surface area contributed by atoms with Crippen molar-refractivity contribution in [2.45, 2.75) is 59.3 Å². The average molecular weight is 296 g/mol. The van der Waals surface area contributed by atoms with Gasteiger partial charge in [-0.15, -0.1) is 0 Å². The number of hydrazone groups is 1. The lowest BCUT2D eigenvalue weighted by Crippen LogP contribution is -2.07. The third kappa shape index (κ3) is 4.09. The van der Waals surface area contributed by atoms with Crippen molar-refractivity contribution in [1.29, 1.82) is 10.5 Å². The van der Waals surface area contributed by atoms with Gasteiger partial charge in [0.05, 0.1) is 5.69 Å². The number of nitrogens with one attached hydrogen (secondary N) is 1. The van der Waals surface area contributed by atoms with Crippen LogP contribution in [0.3, 0.4) is 0 Å². The van der Waals surface area contributed by atoms with E-state index in [9.17, 15) is 0 Å². The Morgan fingerprint density at radius 3 is 1.68 bits per heavy atom. The summed E-state index contributed by atoms with van der Waals surface area (Å²) < 4.78 is 0. The normalized spacial score (nSPS) is 10.5. The Labute approximate surface area is 133 Å². The van der Waals surface area contributed by atoms with E-state index in [0.717, 1.165) is 16.8 Å². The summed E-state index contributed by atoms with van der Waals surface area (Å²) in [6.45, 7) is 12.9. The fourth-order valence-corrected chi connectivity index (χ4v) is 2.27. The predicted octanol–water partition coefficient (Wildman–Crippen LogP) is 4.87. The van der Waals surface area contributed by atoms with Crippen LogP contribution in [0.5, 0.6) is 0 Å². The number of rotatable bonds is 5. The van der Waals surface area contributed by atoms with E-state index in [2.05, 4.69) is 64.2 Å². The molecule has 0 heterocycles. The molecule has 0 amide bonds. The Balaban J connectivity index is 3.49. The molecule has 0 bridgehead atoms. The highest BCUT2D eigenvalue weighted by molar-refractivity contribution is 6.10. The summed E-state index contributed by atoms with van der Waals surface area (Å²) in [5.41, 5.74) is 7.32. The van der Waals surface area contributed by atoms with Crippen molar-refractivity contribution in [2.24, 2.45) is 5.10 Å². The van der Waals surface area contributed by atoms with Gasteiger partial charge in [0, 0.05) is 0 Å². The van der Waals surface area contributed by atoms with Crippen molar-refractivity contribution in [3.8, 4) is 12.1 Å². The average Bonchev–Trinajstić information content (AvgIpc) is 2.47. The number of nitrogens with zero attached hydrogens (tertiary/aromatic N) is 3. The molecule has 0 spiro atoms. The SMILES string of the molecule is CC(C)c1cc(C(C)C)c(NN=C(C#N)C#N)c(C(C)C)c1. The van der Waals surface area contributed by atoms with Crippen molar-refractivity contribution in [3.63, 3.8) is 0 Å². The maximum absolute atomic E-state index is 8.83. The second-order valence-electron chi connectivity index (χ2n) is 6.33. The van der Waals surface area contributed by atoms with Crippen LogP contribution in [0.2, 0.25) is 0 Å². The molecular weight excluding hydrogens is 272 g/mol. The van der Waals surface area contributed by atoms with Crippen LogP contribution in [0.25, 0.3) is 0 Å². The lowest BCUT2D eigenvalue weighted by Gasteiger charge is -2.22. The Morgan fingerprint density at radius 1 is 0.909 bits per heavy atom. The minimum atomic E-state index is -0.169. The molecule has 4 heteroatoms. The molecule has 0 aliphatic heterocycles. The fourth-order valence-electron chi connectivity index (χ4n) is 2.27. The summed E-state index contributed by atoms with van der Waals surface area (Å²) in [6.07, 6.45) is 0. The van der Waals surface area contributed by atoms with Crippen molar-refractivity contribution in [3.05, 3.63) is 28.8 Å². The summed E-state index contributed by atoms with van der Waals surface area (Å²) in [5, 5.41) is 21.6. The third-order valence-electron chi connectivity index (χ3n) is 3.62. The monoisotopic (exact) mass is 296 g/mol. The zero-order chi connectivity index (χ0) is 16.9. The van der Waals surface area contributed by atoms with E-state index in [-0.39, 0.29) is 5.71 Å². The minimum Gasteiger partial charge on any atom is -0.276 e. The zero-order valence-electron chi connectivity index (χ0n) is 14.2. The summed E-state index contributed by atoms with van der Waals surface area (Å²) >= 11 is 0. The molecule has 0 aliphatic carbocycles. The molecule has 22 heavy (non-hydrogen) atoms. The first-order valence-corrected chi connectivity index (χ1v) is 7.63. The van der Waals surface area contributed by atoms with Gasteiger partial charge in [-0.25, -0.2) is 0 Å². The second kappa shape index (κ2) is 7.61. The minimum absolute atomic E-state index is 0.169. The lowest BCUT2D eigenvalue weighted by molar-refractivity contribution is 0.805. The van der Waals surface area contributed by atoms with E-state index in [1.54, 1.807) is 12.1 Å². The van der Waals surface area contributed by atoms with Gasteiger partial charge in [0.15, 0.2) is 0 Å². The number of hydrogen-bond acceptors (Lipinski definition) is 4. The number of benzene rings is 1. The molecule has 1 N–H and O–H groups in total. The summed E-state index contributed by atoms with van der Waals surface area (Å²) in [5.74, 6) is 1.09. The van der Waals surface area contributed by atoms with Gasteiger partial charge in [-0.1, -0.05) is 53.7 Å². The molecule has 0 radical (unpaired) electrons. The van der Waals surface area contributed by atoms with Gasteiger partial charge in [-0.2, -0.15) is 15.6 Å². The van der Waals surface area contributed by atoms with Crippen LogP contribution >= 0.6 is 0 Å². The maximum atomic E-state index is 8.83. The second-order valence-corrected chi connectivity index (χ2v) is 6.33. The van der Waals surface area contributed by atoms with E-state index in [1.165, 1.54) is 5.56 Å². The van der Waals surface area contributed by atoms with Crippen LogP contribution in [-0.2, 0) is 0 Å². The van der Waals surface area contributed by atoms with Gasteiger partial charge < -0.3 is 0 Å². The van der Waals surface area contributed by atoms with Crippen LogP contribution in [0.4, 0.5) is 5.69 Å². The highest BCUT2D eigenvalue weighted by Crippen LogP contribution is 2.35. The highest BCUT2D eigenvalue weighted by atomic mass is 15.3. The number of anilines is 1. The van der Waals surface area contributed by atoms with Gasteiger partial charge in [0.2, 0.25) is 5.71 Å². The molecule has 0 saturated carbocycles. The topological polar surface area (TPSA) is 72.0 Å². The number of hydrogen-bond donors (Lipinski definition) is 1. The molecule has 1 aromatic rings. The molecule has 0 fully saturated rings. The fraction of sp³-hybridized carbons (Fsp3) is 0.500. The Morgan fingerprint density at radius 2 is 1.36 bits per heavy atom. The molecular formula is C18H24N4. The van der Waals surface area contributed by atoms with Crippen LogP contribution in [-0.4, -0.2) is 5.71 Å². The summed E-state index contributed by atoms with van der Waals surface area (Å²) in [4.78, 5) is 0. The largest absolute Gasteiger partial charge is 0.276 e. The van der Waals surface area contributed by atoms with Crippen LogP contribution in [0, 0.1) is 22.7 Å². The molecule has 0 aromatic heterocycles. The molecule has 0 unspecified atom stereocenters. The molecule has 0 aliphatic rings. The molecule has 1 rings (SSSR count). The Kier molecular flexibility index (Phi) is 6.13. The highest BCUT2D eigenvalue weighted by Gasteiger charge is 2.17. The van der Waals surface area contributed by atoms with E-state index < -0.39 is 0 Å². The lowest BCUT2D eigenvalue weighted by atomic mass is 9.87. The van der Waals surface area contributed by atoms with E-state index in [4.69, 9.17) is 10.5 Å². The van der Waals surface area contributed by atoms with Crippen LogP contribution < -0.4 is 5.43 Å².